The first-order chi connectivity index (χ1) is 10.5. The lowest BCUT2D eigenvalue weighted by molar-refractivity contribution is -0.0951. The summed E-state index contributed by atoms with van der Waals surface area (Å²) in [6.45, 7) is 8.28. The molecule has 124 valence electrons. The maximum absolute atomic E-state index is 5.98. The largest absolute Gasteiger partial charge is 0.380 e. The van der Waals surface area contributed by atoms with Crippen molar-refractivity contribution in [3.05, 3.63) is 34.9 Å². The Morgan fingerprint density at radius 3 is 2.64 bits per heavy atom. The molecule has 0 bridgehead atoms. The number of morpholine rings is 1. The lowest BCUT2D eigenvalue weighted by Gasteiger charge is -2.45. The molecule has 1 aromatic carbocycles. The molecule has 0 spiro atoms. The van der Waals surface area contributed by atoms with E-state index in [4.69, 9.17) is 21.1 Å². The molecule has 1 fully saturated rings. The number of ether oxygens (including phenoxy) is 2. The van der Waals surface area contributed by atoms with Gasteiger partial charge in [-0.25, -0.2) is 0 Å². The summed E-state index contributed by atoms with van der Waals surface area (Å²) in [6, 6.07) is 8.96. The van der Waals surface area contributed by atoms with Gasteiger partial charge in [0.1, 0.15) is 0 Å². The Balaban J connectivity index is 2.13. The maximum Gasteiger partial charge on any atom is 0.0698 e. The Morgan fingerprint density at radius 1 is 1.36 bits per heavy atom. The van der Waals surface area contributed by atoms with E-state index in [0.717, 1.165) is 31.0 Å². The zero-order valence-electron chi connectivity index (χ0n) is 14.1. The third kappa shape index (κ3) is 4.45. The number of nitrogens with zero attached hydrogens (tertiary/aromatic N) is 1. The molecule has 0 aliphatic carbocycles. The van der Waals surface area contributed by atoms with E-state index in [0.29, 0.717) is 12.1 Å². The first-order valence-electron chi connectivity index (χ1n) is 8.19. The van der Waals surface area contributed by atoms with Gasteiger partial charge in [0.25, 0.3) is 0 Å². The van der Waals surface area contributed by atoms with Crippen molar-refractivity contribution in [2.45, 2.75) is 57.9 Å². The van der Waals surface area contributed by atoms with E-state index in [9.17, 15) is 0 Å². The van der Waals surface area contributed by atoms with Gasteiger partial charge in [0.05, 0.1) is 18.8 Å². The third-order valence-corrected chi connectivity index (χ3v) is 4.90. The lowest BCUT2D eigenvalue weighted by Crippen LogP contribution is -2.57. The van der Waals surface area contributed by atoms with Gasteiger partial charge in [-0.2, -0.15) is 0 Å². The van der Waals surface area contributed by atoms with E-state index in [-0.39, 0.29) is 12.2 Å². The highest BCUT2D eigenvalue weighted by Gasteiger charge is 2.34. The first kappa shape index (κ1) is 17.7. The van der Waals surface area contributed by atoms with Gasteiger partial charge in [-0.05, 0) is 44.4 Å². The summed E-state index contributed by atoms with van der Waals surface area (Å²) in [5, 5.41) is 0.786. The van der Waals surface area contributed by atoms with Crippen molar-refractivity contribution in [3.8, 4) is 0 Å². The van der Waals surface area contributed by atoms with Crippen LogP contribution in [0.1, 0.15) is 32.8 Å². The molecule has 0 radical (unpaired) electrons. The van der Waals surface area contributed by atoms with E-state index < -0.39 is 0 Å². The zero-order chi connectivity index (χ0) is 16.1. The monoisotopic (exact) mass is 325 g/mol. The minimum absolute atomic E-state index is 0.225. The van der Waals surface area contributed by atoms with Gasteiger partial charge in [0.15, 0.2) is 0 Å². The van der Waals surface area contributed by atoms with Crippen LogP contribution in [-0.2, 0) is 15.9 Å². The smallest absolute Gasteiger partial charge is 0.0698 e. The molecule has 1 aromatic rings. The van der Waals surface area contributed by atoms with Crippen LogP contribution >= 0.6 is 11.6 Å². The van der Waals surface area contributed by atoms with Crippen molar-refractivity contribution < 1.29 is 9.47 Å². The van der Waals surface area contributed by atoms with Crippen molar-refractivity contribution in [1.29, 1.82) is 0 Å². The molecule has 4 atom stereocenters. The number of rotatable bonds is 6. The number of benzene rings is 1. The van der Waals surface area contributed by atoms with Gasteiger partial charge in [0.2, 0.25) is 0 Å². The maximum atomic E-state index is 5.98. The summed E-state index contributed by atoms with van der Waals surface area (Å²) >= 11 is 5.98. The number of hydrogen-bond donors (Lipinski definition) is 0. The molecular weight excluding hydrogens is 298 g/mol. The Kier molecular flexibility index (Phi) is 6.69. The van der Waals surface area contributed by atoms with Crippen molar-refractivity contribution in [2.24, 2.45) is 0 Å². The lowest BCUT2D eigenvalue weighted by atomic mass is 9.98. The Hall–Kier alpha value is -0.610. The van der Waals surface area contributed by atoms with Gasteiger partial charge < -0.3 is 9.47 Å². The highest BCUT2D eigenvalue weighted by atomic mass is 35.5. The van der Waals surface area contributed by atoms with Crippen LogP contribution in [-0.4, -0.2) is 49.5 Å². The Labute approximate surface area is 139 Å². The van der Waals surface area contributed by atoms with Gasteiger partial charge in [-0.1, -0.05) is 30.7 Å². The summed E-state index contributed by atoms with van der Waals surface area (Å²) in [5.41, 5.74) is 1.30. The van der Waals surface area contributed by atoms with Crippen molar-refractivity contribution in [1.82, 2.24) is 4.90 Å². The predicted octanol–water partition coefficient (Wildman–Crippen LogP) is 3.79. The summed E-state index contributed by atoms with van der Waals surface area (Å²) < 4.78 is 11.5. The molecule has 0 saturated carbocycles. The summed E-state index contributed by atoms with van der Waals surface area (Å²) in [5.74, 6) is 0. The Morgan fingerprint density at radius 2 is 2.05 bits per heavy atom. The van der Waals surface area contributed by atoms with Crippen molar-refractivity contribution >= 4 is 11.6 Å². The Bertz CT molecular complexity index is 451. The molecule has 4 heteroatoms. The number of hydrogen-bond acceptors (Lipinski definition) is 3. The molecule has 1 aliphatic rings. The minimum Gasteiger partial charge on any atom is -0.380 e. The van der Waals surface area contributed by atoms with Crippen molar-refractivity contribution in [3.63, 3.8) is 0 Å². The standard InChI is InChI=1S/C18H28ClNO2/c1-5-18(14(3)21-4)20-11-13(2)22-12-17(20)10-15-6-8-16(19)9-7-15/h6-9,13-14,17-18H,5,10-12H2,1-4H3/t13-,14+,17-,18+/m0/s1. The second kappa shape index (κ2) is 8.30. The zero-order valence-corrected chi connectivity index (χ0v) is 14.8. The van der Waals surface area contributed by atoms with Crippen LogP contribution in [0, 0.1) is 0 Å². The molecule has 0 unspecified atom stereocenters. The van der Waals surface area contributed by atoms with Crippen LogP contribution in [0.5, 0.6) is 0 Å². The molecule has 0 N–H and O–H groups in total. The predicted molar refractivity (Wildman–Crippen MR) is 91.6 cm³/mol. The molecule has 1 heterocycles. The van der Waals surface area contributed by atoms with E-state index in [1.54, 1.807) is 7.11 Å². The van der Waals surface area contributed by atoms with E-state index in [1.165, 1.54) is 5.56 Å². The molecule has 2 rings (SSSR count). The first-order valence-corrected chi connectivity index (χ1v) is 8.57. The van der Waals surface area contributed by atoms with Crippen LogP contribution in [0.3, 0.4) is 0 Å². The van der Waals surface area contributed by atoms with Crippen LogP contribution in [0.15, 0.2) is 24.3 Å². The average Bonchev–Trinajstić information content (AvgIpc) is 2.52. The van der Waals surface area contributed by atoms with Crippen LogP contribution in [0.2, 0.25) is 5.02 Å². The second-order valence-electron chi connectivity index (χ2n) is 6.24. The van der Waals surface area contributed by atoms with Crippen molar-refractivity contribution in [2.75, 3.05) is 20.3 Å². The van der Waals surface area contributed by atoms with Gasteiger partial charge in [0, 0.05) is 30.8 Å². The fraction of sp³-hybridized carbons (Fsp3) is 0.667. The molecule has 3 nitrogen and oxygen atoms in total. The highest BCUT2D eigenvalue weighted by molar-refractivity contribution is 6.30. The van der Waals surface area contributed by atoms with Crippen LogP contribution in [0.25, 0.3) is 0 Å². The number of methoxy groups -OCH3 is 1. The molecule has 0 amide bonds. The summed E-state index contributed by atoms with van der Waals surface area (Å²) in [4.78, 5) is 2.58. The summed E-state index contributed by atoms with van der Waals surface area (Å²) in [7, 11) is 1.80. The molecule has 22 heavy (non-hydrogen) atoms. The third-order valence-electron chi connectivity index (χ3n) is 4.65. The average molecular weight is 326 g/mol. The van der Waals surface area contributed by atoms with E-state index in [1.807, 2.05) is 12.1 Å². The van der Waals surface area contributed by atoms with E-state index in [2.05, 4.69) is 37.8 Å². The van der Waals surface area contributed by atoms with E-state index >= 15 is 0 Å². The molecule has 1 aliphatic heterocycles. The molecule has 0 aromatic heterocycles. The number of halogens is 1. The topological polar surface area (TPSA) is 21.7 Å². The quantitative estimate of drug-likeness (QED) is 0.794. The van der Waals surface area contributed by atoms with Gasteiger partial charge in [-0.3, -0.25) is 4.90 Å². The minimum atomic E-state index is 0.225. The van der Waals surface area contributed by atoms with Gasteiger partial charge in [-0.15, -0.1) is 0 Å². The SMILES string of the molecule is CC[C@H]([C@@H](C)OC)N1C[C@H](C)OC[C@@H]1Cc1ccc(Cl)cc1. The fourth-order valence-electron chi connectivity index (χ4n) is 3.34. The van der Waals surface area contributed by atoms with Crippen LogP contribution < -0.4 is 0 Å². The van der Waals surface area contributed by atoms with Gasteiger partial charge >= 0.3 is 0 Å². The normalized spacial score (nSPS) is 25.9. The molecule has 1 saturated heterocycles. The van der Waals surface area contributed by atoms with Crippen LogP contribution in [0.4, 0.5) is 0 Å². The second-order valence-corrected chi connectivity index (χ2v) is 6.68. The fourth-order valence-corrected chi connectivity index (χ4v) is 3.46. The highest BCUT2D eigenvalue weighted by Crippen LogP contribution is 2.23. The molecular formula is C18H28ClNO2. The summed E-state index contributed by atoms with van der Waals surface area (Å²) in [6.07, 6.45) is 2.57.